The van der Waals surface area contributed by atoms with Gasteiger partial charge in [0.15, 0.2) is 0 Å². The van der Waals surface area contributed by atoms with Crippen molar-refractivity contribution in [1.29, 1.82) is 0 Å². The fourth-order valence-electron chi connectivity index (χ4n) is 3.97. The van der Waals surface area contributed by atoms with Crippen molar-refractivity contribution < 1.29 is 9.47 Å². The summed E-state index contributed by atoms with van der Waals surface area (Å²) in [6.45, 7) is 7.80. The topological polar surface area (TPSA) is 18.5 Å². The highest BCUT2D eigenvalue weighted by atomic mass is 16.5. The zero-order valence-corrected chi connectivity index (χ0v) is 20.5. The Balaban J connectivity index is 2.97. The molecule has 0 saturated carbocycles. The lowest BCUT2D eigenvalue weighted by Gasteiger charge is -2.05. The van der Waals surface area contributed by atoms with Gasteiger partial charge in [-0.1, -0.05) is 129 Å². The lowest BCUT2D eigenvalue weighted by atomic mass is 10.0. The predicted octanol–water partition coefficient (Wildman–Crippen LogP) is 9.25. The summed E-state index contributed by atoms with van der Waals surface area (Å²) in [6, 6.07) is 0. The van der Waals surface area contributed by atoms with E-state index in [0.29, 0.717) is 0 Å². The smallest absolute Gasteiger partial charge is 0.0487 e. The molecule has 0 fully saturated rings. The lowest BCUT2D eigenvalue weighted by Crippen LogP contribution is -2.01. The Morgan fingerprint density at radius 3 is 1.00 bits per heavy atom. The second-order valence-electron chi connectivity index (χ2n) is 8.88. The molecule has 0 atom stereocenters. The maximum Gasteiger partial charge on any atom is 0.0487 e. The van der Waals surface area contributed by atoms with Crippen molar-refractivity contribution in [1.82, 2.24) is 0 Å². The van der Waals surface area contributed by atoms with Gasteiger partial charge < -0.3 is 9.47 Å². The fraction of sp³-hybridized carbons (Fsp3) is 1.00. The molecule has 0 aliphatic rings. The summed E-state index contributed by atoms with van der Waals surface area (Å²) in [7, 11) is 0. The maximum absolute atomic E-state index is 5.64. The van der Waals surface area contributed by atoms with Crippen LogP contribution >= 0.6 is 0 Å². The van der Waals surface area contributed by atoms with Crippen molar-refractivity contribution in [3.05, 3.63) is 0 Å². The second kappa shape index (κ2) is 27.9. The van der Waals surface area contributed by atoms with Crippen molar-refractivity contribution in [2.75, 3.05) is 26.4 Å². The second-order valence-corrected chi connectivity index (χ2v) is 8.88. The minimum absolute atomic E-state index is 0.819. The Morgan fingerprint density at radius 1 is 0.310 bits per heavy atom. The summed E-state index contributed by atoms with van der Waals surface area (Å²) in [4.78, 5) is 0. The summed E-state index contributed by atoms with van der Waals surface area (Å²) >= 11 is 0. The molecule has 2 heteroatoms. The van der Waals surface area contributed by atoms with Gasteiger partial charge in [-0.2, -0.15) is 0 Å². The summed E-state index contributed by atoms with van der Waals surface area (Å²) < 4.78 is 10.9. The molecule has 0 spiro atoms. The molecular weight excluding hydrogens is 356 g/mol. The van der Waals surface area contributed by atoms with E-state index >= 15 is 0 Å². The number of unbranched alkanes of at least 4 members (excludes halogenated alkanes) is 19. The van der Waals surface area contributed by atoms with Gasteiger partial charge in [-0.25, -0.2) is 0 Å². The molecule has 0 aliphatic heterocycles. The molecule has 0 aliphatic carbocycles. The summed E-state index contributed by atoms with van der Waals surface area (Å²) in [5, 5.41) is 0. The van der Waals surface area contributed by atoms with E-state index in [4.69, 9.17) is 9.47 Å². The Morgan fingerprint density at radius 2 is 0.621 bits per heavy atom. The molecule has 0 bridgehead atoms. The van der Waals surface area contributed by atoms with Gasteiger partial charge in [0.25, 0.3) is 0 Å². The summed E-state index contributed by atoms with van der Waals surface area (Å²) in [5.41, 5.74) is 0. The molecular formula is C27H56O2. The highest BCUT2D eigenvalue weighted by molar-refractivity contribution is 4.51. The monoisotopic (exact) mass is 412 g/mol. The molecule has 0 unspecified atom stereocenters. The highest BCUT2D eigenvalue weighted by Crippen LogP contribution is 2.14. The molecule has 2 nitrogen and oxygen atoms in total. The molecule has 0 radical (unpaired) electrons. The molecule has 0 rings (SSSR count). The van der Waals surface area contributed by atoms with E-state index in [2.05, 4.69) is 6.92 Å². The molecule has 0 aromatic heterocycles. The third-order valence-corrected chi connectivity index (χ3v) is 5.92. The Kier molecular flexibility index (Phi) is 27.8. The first kappa shape index (κ1) is 28.9. The van der Waals surface area contributed by atoms with E-state index in [1.807, 2.05) is 6.92 Å². The molecule has 0 amide bonds. The predicted molar refractivity (Wildman–Crippen MR) is 130 cm³/mol. The van der Waals surface area contributed by atoms with Crippen LogP contribution in [0.4, 0.5) is 0 Å². The molecule has 176 valence electrons. The zero-order valence-electron chi connectivity index (χ0n) is 20.5. The molecule has 0 aromatic carbocycles. The van der Waals surface area contributed by atoms with Crippen LogP contribution in [-0.4, -0.2) is 26.4 Å². The van der Waals surface area contributed by atoms with Crippen LogP contribution in [-0.2, 0) is 9.47 Å². The van der Waals surface area contributed by atoms with Crippen LogP contribution in [0.3, 0.4) is 0 Å². The molecule has 0 N–H and O–H groups in total. The van der Waals surface area contributed by atoms with Crippen LogP contribution in [0.1, 0.15) is 149 Å². The SMILES string of the molecule is CCCCCCCCCCCCCCCCCCCCCCOCCCOCC. The van der Waals surface area contributed by atoms with Gasteiger partial charge in [-0.05, 0) is 19.8 Å². The molecule has 29 heavy (non-hydrogen) atoms. The molecule has 0 saturated heterocycles. The van der Waals surface area contributed by atoms with Gasteiger partial charge >= 0.3 is 0 Å². The van der Waals surface area contributed by atoms with Gasteiger partial charge in [-0.15, -0.1) is 0 Å². The average molecular weight is 413 g/mol. The van der Waals surface area contributed by atoms with Gasteiger partial charge in [0.2, 0.25) is 0 Å². The van der Waals surface area contributed by atoms with E-state index in [-0.39, 0.29) is 0 Å². The van der Waals surface area contributed by atoms with Crippen LogP contribution in [0.2, 0.25) is 0 Å². The third kappa shape index (κ3) is 27.9. The number of hydrogen-bond donors (Lipinski definition) is 0. The van der Waals surface area contributed by atoms with Crippen LogP contribution < -0.4 is 0 Å². The van der Waals surface area contributed by atoms with E-state index in [9.17, 15) is 0 Å². The quantitative estimate of drug-likeness (QED) is 0.132. The van der Waals surface area contributed by atoms with Crippen molar-refractivity contribution in [2.24, 2.45) is 0 Å². The van der Waals surface area contributed by atoms with Gasteiger partial charge in [-0.3, -0.25) is 0 Å². The third-order valence-electron chi connectivity index (χ3n) is 5.92. The first-order valence-corrected chi connectivity index (χ1v) is 13.6. The van der Waals surface area contributed by atoms with Crippen molar-refractivity contribution in [3.63, 3.8) is 0 Å². The Hall–Kier alpha value is -0.0800. The van der Waals surface area contributed by atoms with Crippen LogP contribution in [0.5, 0.6) is 0 Å². The number of ether oxygens (including phenoxy) is 2. The van der Waals surface area contributed by atoms with Gasteiger partial charge in [0.1, 0.15) is 0 Å². The summed E-state index contributed by atoms with van der Waals surface area (Å²) in [5.74, 6) is 0. The van der Waals surface area contributed by atoms with Crippen molar-refractivity contribution in [3.8, 4) is 0 Å². The fourth-order valence-corrected chi connectivity index (χ4v) is 3.97. The standard InChI is InChI=1S/C27H56O2/c1-3-5-6-7-8-9-10-11-12-13-14-15-16-17-18-19-20-21-22-23-25-29-27-24-26-28-4-2/h3-27H2,1-2H3. The lowest BCUT2D eigenvalue weighted by molar-refractivity contribution is 0.0860. The normalized spacial score (nSPS) is 11.4. The number of hydrogen-bond acceptors (Lipinski definition) is 2. The van der Waals surface area contributed by atoms with E-state index < -0.39 is 0 Å². The number of rotatable bonds is 26. The molecule has 0 aromatic rings. The van der Waals surface area contributed by atoms with Crippen LogP contribution in [0.15, 0.2) is 0 Å². The van der Waals surface area contributed by atoms with Gasteiger partial charge in [0, 0.05) is 26.4 Å². The Bertz CT molecular complexity index is 241. The van der Waals surface area contributed by atoms with Crippen LogP contribution in [0.25, 0.3) is 0 Å². The minimum atomic E-state index is 0.819. The molecule has 0 heterocycles. The summed E-state index contributed by atoms with van der Waals surface area (Å²) in [6.07, 6.45) is 29.8. The minimum Gasteiger partial charge on any atom is -0.382 e. The first-order chi connectivity index (χ1) is 14.4. The van der Waals surface area contributed by atoms with E-state index in [1.54, 1.807) is 0 Å². The van der Waals surface area contributed by atoms with Crippen molar-refractivity contribution in [2.45, 2.75) is 149 Å². The van der Waals surface area contributed by atoms with E-state index in [1.165, 1.54) is 128 Å². The largest absolute Gasteiger partial charge is 0.382 e. The van der Waals surface area contributed by atoms with Gasteiger partial charge in [0.05, 0.1) is 0 Å². The van der Waals surface area contributed by atoms with E-state index in [0.717, 1.165) is 32.8 Å². The zero-order chi connectivity index (χ0) is 21.1. The first-order valence-electron chi connectivity index (χ1n) is 13.6. The van der Waals surface area contributed by atoms with Crippen LogP contribution in [0, 0.1) is 0 Å². The maximum atomic E-state index is 5.64. The average Bonchev–Trinajstić information content (AvgIpc) is 2.74. The van der Waals surface area contributed by atoms with Crippen molar-refractivity contribution >= 4 is 0 Å². The highest BCUT2D eigenvalue weighted by Gasteiger charge is 1.96. The Labute approximate surface area is 184 Å².